The lowest BCUT2D eigenvalue weighted by Crippen LogP contribution is -2.40. The molecule has 1 heterocycles. The van der Waals surface area contributed by atoms with Crippen LogP contribution < -0.4 is 5.73 Å². The summed E-state index contributed by atoms with van der Waals surface area (Å²) in [5, 5.41) is 0.124. The van der Waals surface area contributed by atoms with Crippen molar-refractivity contribution in [1.29, 1.82) is 0 Å². The van der Waals surface area contributed by atoms with Crippen LogP contribution in [0.5, 0.6) is 0 Å². The lowest BCUT2D eigenvalue weighted by molar-refractivity contribution is 0.0632. The molecule has 1 fully saturated rings. The summed E-state index contributed by atoms with van der Waals surface area (Å²) in [6, 6.07) is 4.42. The third kappa shape index (κ3) is 3.54. The summed E-state index contributed by atoms with van der Waals surface area (Å²) >= 11 is 11.0. The summed E-state index contributed by atoms with van der Waals surface area (Å²) in [7, 11) is -2.08. The topological polar surface area (TPSA) is 72.6 Å². The van der Waals surface area contributed by atoms with E-state index in [0.29, 0.717) is 31.6 Å². The van der Waals surface area contributed by atoms with Gasteiger partial charge in [0.05, 0.1) is 5.02 Å². The SMILES string of the molecule is CN(C1CCOCC1)S(=O)(=O)c1ccc(C(N)=S)cc1Cl. The Hall–Kier alpha value is -0.730. The molecule has 1 aliphatic heterocycles. The zero-order valence-electron chi connectivity index (χ0n) is 11.6. The van der Waals surface area contributed by atoms with Gasteiger partial charge >= 0.3 is 0 Å². The van der Waals surface area contributed by atoms with Gasteiger partial charge in [-0.25, -0.2) is 8.42 Å². The van der Waals surface area contributed by atoms with Crippen LogP contribution in [0.15, 0.2) is 23.1 Å². The van der Waals surface area contributed by atoms with Crippen LogP contribution in [-0.2, 0) is 14.8 Å². The number of hydrogen-bond donors (Lipinski definition) is 1. The van der Waals surface area contributed by atoms with Crippen molar-refractivity contribution < 1.29 is 13.2 Å². The van der Waals surface area contributed by atoms with Gasteiger partial charge in [0.25, 0.3) is 0 Å². The van der Waals surface area contributed by atoms with Crippen LogP contribution in [0.25, 0.3) is 0 Å². The van der Waals surface area contributed by atoms with Gasteiger partial charge in [0, 0.05) is 31.9 Å². The minimum Gasteiger partial charge on any atom is -0.389 e. The first-order valence-electron chi connectivity index (χ1n) is 6.49. The van der Waals surface area contributed by atoms with Gasteiger partial charge < -0.3 is 10.5 Å². The molecule has 0 aromatic heterocycles. The summed E-state index contributed by atoms with van der Waals surface area (Å²) in [6.07, 6.45) is 1.36. The minimum atomic E-state index is -3.65. The fraction of sp³-hybridized carbons (Fsp3) is 0.462. The molecule has 0 radical (unpaired) electrons. The van der Waals surface area contributed by atoms with Crippen molar-refractivity contribution in [3.05, 3.63) is 28.8 Å². The fourth-order valence-corrected chi connectivity index (χ4v) is 4.32. The molecule has 0 unspecified atom stereocenters. The van der Waals surface area contributed by atoms with E-state index < -0.39 is 10.0 Å². The number of rotatable bonds is 4. The average molecular weight is 349 g/mol. The zero-order valence-corrected chi connectivity index (χ0v) is 14.0. The van der Waals surface area contributed by atoms with E-state index in [2.05, 4.69) is 0 Å². The first kappa shape index (κ1) is 16.6. The number of benzene rings is 1. The number of sulfonamides is 1. The van der Waals surface area contributed by atoms with Crippen molar-refractivity contribution in [2.45, 2.75) is 23.8 Å². The molecule has 2 N–H and O–H groups in total. The maximum absolute atomic E-state index is 12.7. The van der Waals surface area contributed by atoms with E-state index in [4.69, 9.17) is 34.3 Å². The molecule has 0 bridgehead atoms. The van der Waals surface area contributed by atoms with Gasteiger partial charge in [0.15, 0.2) is 0 Å². The van der Waals surface area contributed by atoms with Gasteiger partial charge in [-0.05, 0) is 25.0 Å². The van der Waals surface area contributed by atoms with E-state index in [9.17, 15) is 8.42 Å². The largest absolute Gasteiger partial charge is 0.389 e. The van der Waals surface area contributed by atoms with Gasteiger partial charge in [0.2, 0.25) is 10.0 Å². The Morgan fingerprint density at radius 1 is 1.43 bits per heavy atom. The quantitative estimate of drug-likeness (QED) is 0.839. The standard InChI is InChI=1S/C13H17ClN2O3S2/c1-16(10-4-6-19-7-5-10)21(17,18)12-3-2-9(13(15)20)8-11(12)14/h2-3,8,10H,4-7H2,1H3,(H2,15,20). The fourth-order valence-electron chi connectivity index (χ4n) is 2.26. The zero-order chi connectivity index (χ0) is 15.6. The predicted molar refractivity (Wildman–Crippen MR) is 86.1 cm³/mol. The van der Waals surface area contributed by atoms with Crippen molar-refractivity contribution in [2.75, 3.05) is 20.3 Å². The second kappa shape index (κ2) is 6.58. The highest BCUT2D eigenvalue weighted by Gasteiger charge is 2.30. The Morgan fingerprint density at radius 3 is 2.57 bits per heavy atom. The Balaban J connectivity index is 2.32. The minimum absolute atomic E-state index is 0.0677. The second-order valence-corrected chi connectivity index (χ2v) is 7.69. The van der Waals surface area contributed by atoms with E-state index in [1.54, 1.807) is 13.1 Å². The first-order chi connectivity index (χ1) is 9.84. The molecule has 2 rings (SSSR count). The normalized spacial score (nSPS) is 17.1. The van der Waals surface area contributed by atoms with Crippen LogP contribution >= 0.6 is 23.8 Å². The molecule has 0 atom stereocenters. The van der Waals surface area contributed by atoms with Crippen molar-refractivity contribution >= 4 is 38.8 Å². The lowest BCUT2D eigenvalue weighted by Gasteiger charge is -2.30. The van der Waals surface area contributed by atoms with Crippen LogP contribution in [0.3, 0.4) is 0 Å². The third-order valence-electron chi connectivity index (χ3n) is 3.58. The van der Waals surface area contributed by atoms with E-state index >= 15 is 0 Å². The molecule has 1 saturated heterocycles. The van der Waals surface area contributed by atoms with Crippen LogP contribution in [0.2, 0.25) is 5.02 Å². The molecular formula is C13H17ClN2O3S2. The van der Waals surface area contributed by atoms with Gasteiger partial charge in [-0.15, -0.1) is 0 Å². The smallest absolute Gasteiger partial charge is 0.244 e. The Kier molecular flexibility index (Phi) is 5.21. The monoisotopic (exact) mass is 348 g/mol. The maximum atomic E-state index is 12.7. The second-order valence-electron chi connectivity index (χ2n) is 4.87. The molecule has 0 saturated carbocycles. The molecule has 0 amide bonds. The molecule has 1 aromatic rings. The van der Waals surface area contributed by atoms with Crippen LogP contribution in [0.4, 0.5) is 0 Å². The first-order valence-corrected chi connectivity index (χ1v) is 8.72. The van der Waals surface area contributed by atoms with Crippen molar-refractivity contribution in [1.82, 2.24) is 4.31 Å². The van der Waals surface area contributed by atoms with Gasteiger partial charge in [-0.1, -0.05) is 29.9 Å². The van der Waals surface area contributed by atoms with Crippen LogP contribution in [0.1, 0.15) is 18.4 Å². The molecule has 21 heavy (non-hydrogen) atoms. The highest BCUT2D eigenvalue weighted by atomic mass is 35.5. The number of thiocarbonyl (C=S) groups is 1. The molecule has 1 aliphatic rings. The van der Waals surface area contributed by atoms with Gasteiger partial charge in [-0.2, -0.15) is 4.31 Å². The van der Waals surface area contributed by atoms with Gasteiger partial charge in [0.1, 0.15) is 9.88 Å². The average Bonchev–Trinajstić information content (AvgIpc) is 2.46. The summed E-state index contributed by atoms with van der Waals surface area (Å²) < 4.78 is 32.0. The molecule has 0 aliphatic carbocycles. The highest BCUT2D eigenvalue weighted by molar-refractivity contribution is 7.89. The Bertz CT molecular complexity index is 643. The summed E-state index contributed by atoms with van der Waals surface area (Å²) in [5.74, 6) is 0. The number of nitrogens with zero attached hydrogens (tertiary/aromatic N) is 1. The van der Waals surface area contributed by atoms with E-state index in [0.717, 1.165) is 0 Å². The third-order valence-corrected chi connectivity index (χ3v) is 6.21. The summed E-state index contributed by atoms with van der Waals surface area (Å²) in [4.78, 5) is 0.247. The molecule has 116 valence electrons. The van der Waals surface area contributed by atoms with Crippen LogP contribution in [0, 0.1) is 0 Å². The van der Waals surface area contributed by atoms with Crippen molar-refractivity contribution in [2.24, 2.45) is 5.73 Å². The molecular weight excluding hydrogens is 332 g/mol. The Labute approximate surface area is 135 Å². The van der Waals surface area contributed by atoms with Crippen molar-refractivity contribution in [3.8, 4) is 0 Å². The Morgan fingerprint density at radius 2 is 2.05 bits per heavy atom. The number of ether oxygens (including phenoxy) is 1. The van der Waals surface area contributed by atoms with E-state index in [1.165, 1.54) is 16.4 Å². The molecule has 5 nitrogen and oxygen atoms in total. The number of nitrogens with two attached hydrogens (primary N) is 1. The van der Waals surface area contributed by atoms with E-state index in [-0.39, 0.29) is 20.9 Å². The molecule has 8 heteroatoms. The highest BCUT2D eigenvalue weighted by Crippen LogP contribution is 2.28. The number of hydrogen-bond acceptors (Lipinski definition) is 4. The predicted octanol–water partition coefficient (Wildman–Crippen LogP) is 1.77. The van der Waals surface area contributed by atoms with Crippen molar-refractivity contribution in [3.63, 3.8) is 0 Å². The summed E-state index contributed by atoms with van der Waals surface area (Å²) in [6.45, 7) is 1.14. The van der Waals surface area contributed by atoms with Crippen LogP contribution in [-0.4, -0.2) is 44.0 Å². The summed E-state index contributed by atoms with van der Waals surface area (Å²) in [5.41, 5.74) is 6.06. The lowest BCUT2D eigenvalue weighted by atomic mass is 10.1. The van der Waals surface area contributed by atoms with Gasteiger partial charge in [-0.3, -0.25) is 0 Å². The van der Waals surface area contributed by atoms with E-state index in [1.807, 2.05) is 0 Å². The number of halogens is 1. The molecule has 1 aromatic carbocycles. The maximum Gasteiger partial charge on any atom is 0.244 e. The molecule has 0 spiro atoms.